The predicted molar refractivity (Wildman–Crippen MR) is 81.4 cm³/mol. The third-order valence-electron chi connectivity index (χ3n) is 3.17. The summed E-state index contributed by atoms with van der Waals surface area (Å²) in [5, 5.41) is 15.3. The number of nitrogens with zero attached hydrogens (tertiary/aromatic N) is 2. The first-order valence-electron chi connectivity index (χ1n) is 6.44. The quantitative estimate of drug-likeness (QED) is 0.671. The second kappa shape index (κ2) is 6.00. The number of nitrogens with one attached hydrogen (secondary N) is 1. The molecule has 0 aliphatic heterocycles. The highest BCUT2D eigenvalue weighted by molar-refractivity contribution is 7.11. The van der Waals surface area contributed by atoms with Crippen molar-refractivity contribution in [1.82, 2.24) is 4.98 Å². The molecule has 0 bridgehead atoms. The molecule has 0 atom stereocenters. The Kier molecular flexibility index (Phi) is 4.34. The molecular weight excluding hydrogens is 274 g/mol. The molecule has 1 aromatic carbocycles. The van der Waals surface area contributed by atoms with E-state index in [-0.39, 0.29) is 10.6 Å². The number of hydrogen-bond acceptors (Lipinski definition) is 5. The number of nitro groups is 1. The van der Waals surface area contributed by atoms with Gasteiger partial charge in [0.25, 0.3) is 5.69 Å². The maximum absolute atomic E-state index is 11.1. The van der Waals surface area contributed by atoms with Crippen LogP contribution >= 0.6 is 11.3 Å². The van der Waals surface area contributed by atoms with E-state index in [2.05, 4.69) is 17.2 Å². The molecule has 0 saturated carbocycles. The van der Waals surface area contributed by atoms with Crippen LogP contribution in [0.3, 0.4) is 0 Å². The van der Waals surface area contributed by atoms with Crippen LogP contribution in [0.4, 0.5) is 11.4 Å². The third kappa shape index (κ3) is 3.14. The molecule has 0 fully saturated rings. The minimum atomic E-state index is -0.348. The predicted octanol–water partition coefficient (Wildman–Crippen LogP) is 3.84. The van der Waals surface area contributed by atoms with Crippen LogP contribution in [0.1, 0.15) is 27.9 Å². The van der Waals surface area contributed by atoms with Crippen LogP contribution in [0.5, 0.6) is 0 Å². The minimum absolute atomic E-state index is 0.119. The molecule has 1 aromatic heterocycles. The Hall–Kier alpha value is -1.95. The van der Waals surface area contributed by atoms with Crippen molar-refractivity contribution >= 4 is 22.7 Å². The van der Waals surface area contributed by atoms with Gasteiger partial charge in [-0.15, -0.1) is 11.3 Å². The van der Waals surface area contributed by atoms with Crippen molar-refractivity contribution in [1.29, 1.82) is 0 Å². The summed E-state index contributed by atoms with van der Waals surface area (Å²) in [6, 6.07) is 3.44. The number of aromatic nitrogens is 1. The Balaban J connectivity index is 2.20. The fourth-order valence-corrected chi connectivity index (χ4v) is 2.67. The Morgan fingerprint density at radius 1 is 1.35 bits per heavy atom. The fraction of sp³-hybridized carbons (Fsp3) is 0.357. The van der Waals surface area contributed by atoms with Crippen molar-refractivity contribution in [3.8, 4) is 0 Å². The monoisotopic (exact) mass is 291 g/mol. The lowest BCUT2D eigenvalue weighted by Gasteiger charge is -2.08. The molecule has 0 saturated heterocycles. The molecule has 6 heteroatoms. The summed E-state index contributed by atoms with van der Waals surface area (Å²) in [4.78, 5) is 16.1. The van der Waals surface area contributed by atoms with Crippen LogP contribution in [-0.2, 0) is 13.0 Å². The molecule has 1 heterocycles. The van der Waals surface area contributed by atoms with E-state index < -0.39 is 0 Å². The second-order valence-corrected chi connectivity index (χ2v) is 5.84. The van der Waals surface area contributed by atoms with Gasteiger partial charge in [0.15, 0.2) is 0 Å². The number of benzene rings is 1. The Bertz CT molecular complexity index is 637. The first-order chi connectivity index (χ1) is 9.51. The number of rotatable bonds is 5. The van der Waals surface area contributed by atoms with Crippen LogP contribution in [0, 0.1) is 24.0 Å². The van der Waals surface area contributed by atoms with Crippen molar-refractivity contribution in [3.63, 3.8) is 0 Å². The summed E-state index contributed by atoms with van der Waals surface area (Å²) < 4.78 is 0. The van der Waals surface area contributed by atoms with Gasteiger partial charge in [0.05, 0.1) is 16.5 Å². The van der Waals surface area contributed by atoms with Crippen molar-refractivity contribution < 1.29 is 4.92 Å². The van der Waals surface area contributed by atoms with Crippen molar-refractivity contribution in [2.75, 3.05) is 5.32 Å². The van der Waals surface area contributed by atoms with Gasteiger partial charge in [0, 0.05) is 17.1 Å². The average Bonchev–Trinajstić information content (AvgIpc) is 2.87. The summed E-state index contributed by atoms with van der Waals surface area (Å²) >= 11 is 1.63. The maximum atomic E-state index is 11.1. The number of anilines is 1. The lowest BCUT2D eigenvalue weighted by atomic mass is 10.1. The first kappa shape index (κ1) is 14.5. The highest BCUT2D eigenvalue weighted by atomic mass is 32.1. The molecule has 0 amide bonds. The Labute approximate surface area is 121 Å². The first-order valence-corrected chi connectivity index (χ1v) is 7.26. The Morgan fingerprint density at radius 3 is 2.65 bits per heavy atom. The number of thiazole rings is 1. The summed E-state index contributed by atoms with van der Waals surface area (Å²) in [5.74, 6) is 0. The lowest BCUT2D eigenvalue weighted by molar-refractivity contribution is -0.384. The van der Waals surface area contributed by atoms with Crippen molar-refractivity contribution in [2.24, 2.45) is 0 Å². The van der Waals surface area contributed by atoms with Crippen molar-refractivity contribution in [2.45, 2.75) is 33.7 Å². The summed E-state index contributed by atoms with van der Waals surface area (Å²) in [6.07, 6.45) is 2.73. The van der Waals surface area contributed by atoms with Gasteiger partial charge in [0.2, 0.25) is 0 Å². The van der Waals surface area contributed by atoms with E-state index in [0.717, 1.165) is 27.4 Å². The van der Waals surface area contributed by atoms with Crippen LogP contribution in [0.25, 0.3) is 0 Å². The van der Waals surface area contributed by atoms with Crippen LogP contribution in [0.15, 0.2) is 18.3 Å². The summed E-state index contributed by atoms with van der Waals surface area (Å²) in [5.41, 5.74) is 2.64. The third-order valence-corrected chi connectivity index (χ3v) is 4.31. The van der Waals surface area contributed by atoms with Crippen molar-refractivity contribution in [3.05, 3.63) is 49.5 Å². The molecule has 0 spiro atoms. The second-order valence-electron chi connectivity index (χ2n) is 4.64. The standard InChI is InChI=1S/C14H17N3O2S/c1-4-14-16-8-11(20-14)7-15-12-5-9(2)10(3)6-13(12)17(18)19/h5-6,8,15H,4,7H2,1-3H3. The molecule has 0 aliphatic carbocycles. The van der Waals surface area contributed by atoms with Gasteiger partial charge < -0.3 is 5.32 Å². The zero-order chi connectivity index (χ0) is 14.7. The number of aryl methyl sites for hydroxylation is 3. The van der Waals surface area contributed by atoms with Crippen LogP contribution < -0.4 is 5.32 Å². The molecule has 0 unspecified atom stereocenters. The number of hydrogen-bond donors (Lipinski definition) is 1. The highest BCUT2D eigenvalue weighted by Gasteiger charge is 2.15. The van der Waals surface area contributed by atoms with E-state index in [1.165, 1.54) is 0 Å². The molecule has 2 aromatic rings. The normalized spacial score (nSPS) is 10.6. The molecule has 5 nitrogen and oxygen atoms in total. The zero-order valence-electron chi connectivity index (χ0n) is 11.8. The molecule has 0 radical (unpaired) electrons. The van der Waals surface area contributed by atoms with Gasteiger partial charge in [0.1, 0.15) is 5.69 Å². The van der Waals surface area contributed by atoms with E-state index in [0.29, 0.717) is 12.2 Å². The molecule has 0 aliphatic rings. The highest BCUT2D eigenvalue weighted by Crippen LogP contribution is 2.28. The average molecular weight is 291 g/mol. The Morgan fingerprint density at radius 2 is 2.05 bits per heavy atom. The fourth-order valence-electron chi connectivity index (χ4n) is 1.87. The van der Waals surface area contributed by atoms with E-state index in [4.69, 9.17) is 0 Å². The van der Waals surface area contributed by atoms with Gasteiger partial charge in [-0.3, -0.25) is 10.1 Å². The summed E-state index contributed by atoms with van der Waals surface area (Å²) in [6.45, 7) is 6.44. The summed E-state index contributed by atoms with van der Waals surface area (Å²) in [7, 11) is 0. The van der Waals surface area contributed by atoms with E-state index in [9.17, 15) is 10.1 Å². The molecule has 20 heavy (non-hydrogen) atoms. The van der Waals surface area contributed by atoms with Gasteiger partial charge in [-0.25, -0.2) is 4.98 Å². The van der Waals surface area contributed by atoms with Gasteiger partial charge in [-0.2, -0.15) is 0 Å². The van der Waals surface area contributed by atoms with Crippen LogP contribution in [-0.4, -0.2) is 9.91 Å². The zero-order valence-corrected chi connectivity index (χ0v) is 12.6. The van der Waals surface area contributed by atoms with E-state index in [1.807, 2.05) is 26.1 Å². The maximum Gasteiger partial charge on any atom is 0.292 e. The SMILES string of the molecule is CCc1ncc(CNc2cc(C)c(C)cc2[N+](=O)[O-])s1. The minimum Gasteiger partial charge on any atom is -0.375 e. The lowest BCUT2D eigenvalue weighted by Crippen LogP contribution is -2.02. The van der Waals surface area contributed by atoms with Gasteiger partial charge in [-0.1, -0.05) is 6.92 Å². The number of nitro benzene ring substituents is 1. The largest absolute Gasteiger partial charge is 0.375 e. The van der Waals surface area contributed by atoms with Gasteiger partial charge in [-0.05, 0) is 37.5 Å². The molecular formula is C14H17N3O2S. The van der Waals surface area contributed by atoms with E-state index in [1.54, 1.807) is 17.4 Å². The smallest absolute Gasteiger partial charge is 0.292 e. The topological polar surface area (TPSA) is 68.1 Å². The molecule has 2 rings (SSSR count). The van der Waals surface area contributed by atoms with Crippen LogP contribution in [0.2, 0.25) is 0 Å². The van der Waals surface area contributed by atoms with E-state index >= 15 is 0 Å². The molecule has 106 valence electrons. The van der Waals surface area contributed by atoms with Gasteiger partial charge >= 0.3 is 0 Å². The molecule has 1 N–H and O–H groups in total.